The van der Waals surface area contributed by atoms with E-state index in [1.54, 1.807) is 25.1 Å². The first-order chi connectivity index (χ1) is 10.5. The summed E-state index contributed by atoms with van der Waals surface area (Å²) in [5.74, 6) is 0.640. The quantitative estimate of drug-likeness (QED) is 0.566. The van der Waals surface area contributed by atoms with E-state index in [1.165, 1.54) is 0 Å². The van der Waals surface area contributed by atoms with Gasteiger partial charge in [-0.3, -0.25) is 0 Å². The van der Waals surface area contributed by atoms with E-state index in [0.29, 0.717) is 30.3 Å². The molecule has 0 saturated carbocycles. The van der Waals surface area contributed by atoms with Crippen molar-refractivity contribution in [2.45, 2.75) is 37.4 Å². The van der Waals surface area contributed by atoms with Gasteiger partial charge in [0.1, 0.15) is 24.1 Å². The number of nitrogens with one attached hydrogen (secondary N) is 1. The summed E-state index contributed by atoms with van der Waals surface area (Å²) in [6.45, 7) is 2.76. The lowest BCUT2D eigenvalue weighted by Gasteiger charge is -2.19. The fourth-order valence-corrected chi connectivity index (χ4v) is 2.74. The highest BCUT2D eigenvalue weighted by atomic mass is 16.6. The van der Waals surface area contributed by atoms with Crippen LogP contribution in [0.25, 0.3) is 0 Å². The Labute approximate surface area is 129 Å². The van der Waals surface area contributed by atoms with Crippen LogP contribution in [0, 0.1) is 0 Å². The minimum Gasteiger partial charge on any atom is -0.485 e. The molecular weight excluding hydrogens is 288 g/mol. The number of nitrogens with two attached hydrogens (primary N) is 1. The molecule has 5 atom stereocenters. The summed E-state index contributed by atoms with van der Waals surface area (Å²) < 4.78 is 17.0. The lowest BCUT2D eigenvalue weighted by atomic mass is 10.1. The van der Waals surface area contributed by atoms with Gasteiger partial charge in [-0.2, -0.15) is 0 Å². The molecule has 5 N–H and O–H groups in total. The molecule has 0 radical (unpaired) electrons. The Kier molecular flexibility index (Phi) is 4.39. The van der Waals surface area contributed by atoms with Crippen molar-refractivity contribution in [3.8, 4) is 5.75 Å². The minimum absolute atomic E-state index is 0.249. The van der Waals surface area contributed by atoms with Crippen molar-refractivity contribution in [1.29, 1.82) is 0 Å². The number of aliphatic hydroxyl groups excluding tert-OH is 2. The standard InChI is InChI=1S/C15H22N2O5/c1-8(18)5-17-11-4-9(2-3-10(11)16)22-13-7-21-14-12(19)6-20-15(13)14/h2-4,8,12-15,17-19H,5-7,16H2,1H3/t8-,12-,13-,14+,15+/m0/s1. The van der Waals surface area contributed by atoms with Crippen LogP contribution in [0.4, 0.5) is 11.4 Å². The summed E-state index contributed by atoms with van der Waals surface area (Å²) in [7, 11) is 0. The third-order valence-electron chi connectivity index (χ3n) is 3.88. The lowest BCUT2D eigenvalue weighted by molar-refractivity contribution is 0.00864. The minimum atomic E-state index is -0.590. The predicted molar refractivity (Wildman–Crippen MR) is 80.9 cm³/mol. The molecule has 7 nitrogen and oxygen atoms in total. The molecule has 7 heteroatoms. The molecule has 1 aromatic rings. The summed E-state index contributed by atoms with van der Waals surface area (Å²) in [6.07, 6.45) is -1.88. The van der Waals surface area contributed by atoms with Crippen LogP contribution < -0.4 is 15.8 Å². The summed E-state index contributed by atoms with van der Waals surface area (Å²) >= 11 is 0. The Morgan fingerprint density at radius 2 is 2.14 bits per heavy atom. The van der Waals surface area contributed by atoms with E-state index in [0.717, 1.165) is 0 Å². The van der Waals surface area contributed by atoms with E-state index in [9.17, 15) is 10.2 Å². The fourth-order valence-electron chi connectivity index (χ4n) is 2.74. The zero-order valence-electron chi connectivity index (χ0n) is 12.4. The number of rotatable bonds is 5. The fraction of sp³-hybridized carbons (Fsp3) is 0.600. The second kappa shape index (κ2) is 6.29. The van der Waals surface area contributed by atoms with Crippen molar-refractivity contribution in [3.63, 3.8) is 0 Å². The molecule has 0 aromatic heterocycles. The summed E-state index contributed by atoms with van der Waals surface area (Å²) in [4.78, 5) is 0. The van der Waals surface area contributed by atoms with Crippen LogP contribution in [0.3, 0.4) is 0 Å². The molecule has 0 bridgehead atoms. The summed E-state index contributed by atoms with van der Waals surface area (Å²) in [5.41, 5.74) is 7.20. The zero-order valence-corrected chi connectivity index (χ0v) is 12.4. The molecule has 2 aliphatic heterocycles. The van der Waals surface area contributed by atoms with Gasteiger partial charge in [0.05, 0.1) is 30.7 Å². The number of hydrogen-bond acceptors (Lipinski definition) is 7. The van der Waals surface area contributed by atoms with Crippen LogP contribution in [-0.2, 0) is 9.47 Å². The highest BCUT2D eigenvalue weighted by Crippen LogP contribution is 2.31. The van der Waals surface area contributed by atoms with Gasteiger partial charge in [-0.25, -0.2) is 0 Å². The average Bonchev–Trinajstić information content (AvgIpc) is 3.04. The molecule has 122 valence electrons. The monoisotopic (exact) mass is 310 g/mol. The lowest BCUT2D eigenvalue weighted by Crippen LogP contribution is -2.34. The first-order valence-corrected chi connectivity index (χ1v) is 7.44. The van der Waals surface area contributed by atoms with Gasteiger partial charge in [-0.1, -0.05) is 0 Å². The average molecular weight is 310 g/mol. The van der Waals surface area contributed by atoms with Gasteiger partial charge in [0.2, 0.25) is 0 Å². The van der Waals surface area contributed by atoms with Gasteiger partial charge in [0, 0.05) is 12.6 Å². The molecule has 0 spiro atoms. The molecule has 2 fully saturated rings. The van der Waals surface area contributed by atoms with Crippen LogP contribution in [0.5, 0.6) is 5.75 Å². The number of ether oxygens (including phenoxy) is 3. The number of anilines is 2. The van der Waals surface area contributed by atoms with E-state index >= 15 is 0 Å². The van der Waals surface area contributed by atoms with Gasteiger partial charge >= 0.3 is 0 Å². The van der Waals surface area contributed by atoms with Gasteiger partial charge in [-0.15, -0.1) is 0 Å². The van der Waals surface area contributed by atoms with Gasteiger partial charge in [0.25, 0.3) is 0 Å². The van der Waals surface area contributed by atoms with E-state index in [-0.39, 0.29) is 24.9 Å². The maximum Gasteiger partial charge on any atom is 0.151 e. The Balaban J connectivity index is 1.66. The maximum atomic E-state index is 9.73. The largest absolute Gasteiger partial charge is 0.485 e. The Hall–Kier alpha value is -1.54. The van der Waals surface area contributed by atoms with Crippen LogP contribution in [0.1, 0.15) is 6.92 Å². The van der Waals surface area contributed by atoms with Crippen molar-refractivity contribution in [2.75, 3.05) is 30.8 Å². The van der Waals surface area contributed by atoms with Crippen molar-refractivity contribution < 1.29 is 24.4 Å². The van der Waals surface area contributed by atoms with Crippen molar-refractivity contribution >= 4 is 11.4 Å². The Bertz CT molecular complexity index is 525. The number of fused-ring (bicyclic) bond motifs is 1. The second-order valence-electron chi connectivity index (χ2n) is 5.80. The molecule has 22 heavy (non-hydrogen) atoms. The first kappa shape index (κ1) is 15.4. The topological polar surface area (TPSA) is 106 Å². The van der Waals surface area contributed by atoms with Crippen molar-refractivity contribution in [1.82, 2.24) is 0 Å². The van der Waals surface area contributed by atoms with E-state index in [2.05, 4.69) is 5.32 Å². The summed E-state index contributed by atoms with van der Waals surface area (Å²) in [6, 6.07) is 5.31. The van der Waals surface area contributed by atoms with Crippen LogP contribution in [0.15, 0.2) is 18.2 Å². The molecule has 0 amide bonds. The van der Waals surface area contributed by atoms with Crippen molar-refractivity contribution in [3.05, 3.63) is 18.2 Å². The van der Waals surface area contributed by atoms with Crippen molar-refractivity contribution in [2.24, 2.45) is 0 Å². The van der Waals surface area contributed by atoms with Gasteiger partial charge in [0.15, 0.2) is 6.10 Å². The van der Waals surface area contributed by atoms with Crippen LogP contribution >= 0.6 is 0 Å². The molecule has 2 aliphatic rings. The highest BCUT2D eigenvalue weighted by Gasteiger charge is 2.48. The van der Waals surface area contributed by atoms with Gasteiger partial charge < -0.3 is 35.5 Å². The normalized spacial score (nSPS) is 31.8. The molecule has 1 aromatic carbocycles. The van der Waals surface area contributed by atoms with E-state index < -0.39 is 12.2 Å². The molecular formula is C15H22N2O5. The third kappa shape index (κ3) is 3.12. The highest BCUT2D eigenvalue weighted by molar-refractivity contribution is 5.68. The van der Waals surface area contributed by atoms with E-state index in [4.69, 9.17) is 19.9 Å². The van der Waals surface area contributed by atoms with Crippen LogP contribution in [0.2, 0.25) is 0 Å². The molecule has 2 heterocycles. The van der Waals surface area contributed by atoms with Crippen LogP contribution in [-0.4, -0.2) is 60.5 Å². The Morgan fingerprint density at radius 1 is 1.36 bits per heavy atom. The number of nitrogen functional groups attached to an aromatic ring is 1. The predicted octanol–water partition coefficient (Wildman–Crippen LogP) is -0.0326. The number of hydrogen-bond donors (Lipinski definition) is 4. The van der Waals surface area contributed by atoms with E-state index in [1.807, 2.05) is 0 Å². The number of benzene rings is 1. The second-order valence-corrected chi connectivity index (χ2v) is 5.80. The maximum absolute atomic E-state index is 9.73. The molecule has 0 aliphatic carbocycles. The molecule has 0 unspecified atom stereocenters. The Morgan fingerprint density at radius 3 is 2.91 bits per heavy atom. The summed E-state index contributed by atoms with van der Waals surface area (Å²) in [5, 5.41) is 22.1. The SMILES string of the molecule is C[C@H](O)CNc1cc(O[C@H]2CO[C@H]3[C@@H]2OC[C@@H]3O)ccc1N. The third-order valence-corrected chi connectivity index (χ3v) is 3.88. The molecule has 3 rings (SSSR count). The molecule has 2 saturated heterocycles. The number of aliphatic hydroxyl groups is 2. The zero-order chi connectivity index (χ0) is 15.7. The first-order valence-electron chi connectivity index (χ1n) is 7.44. The van der Waals surface area contributed by atoms with Gasteiger partial charge in [-0.05, 0) is 19.1 Å². The smallest absolute Gasteiger partial charge is 0.151 e.